The number of hydrogen-bond donors (Lipinski definition) is 1. The van der Waals surface area contributed by atoms with E-state index >= 15 is 0 Å². The van der Waals surface area contributed by atoms with E-state index in [-0.39, 0.29) is 0 Å². The summed E-state index contributed by atoms with van der Waals surface area (Å²) in [6.07, 6.45) is 0.795. The molecule has 2 heteroatoms. The maximum atomic E-state index is 6.03. The second-order valence-corrected chi connectivity index (χ2v) is 3.53. The molecule has 0 bridgehead atoms. The molecule has 0 fully saturated rings. The Balaban J connectivity index is 2.99. The van der Waals surface area contributed by atoms with Gasteiger partial charge in [-0.1, -0.05) is 35.9 Å². The van der Waals surface area contributed by atoms with E-state index in [0.717, 1.165) is 22.6 Å². The summed E-state index contributed by atoms with van der Waals surface area (Å²) in [5.74, 6) is 0. The van der Waals surface area contributed by atoms with Gasteiger partial charge in [0, 0.05) is 5.02 Å². The zero-order valence-corrected chi connectivity index (χ0v) is 8.56. The number of hydrogen-bond acceptors (Lipinski definition) is 1. The smallest absolute Gasteiger partial charge is 0.0481 e. The average molecular weight is 196 g/mol. The van der Waals surface area contributed by atoms with E-state index in [0.29, 0.717) is 6.54 Å². The Hall–Kier alpha value is -0.790. The molecule has 0 atom stereocenters. The summed E-state index contributed by atoms with van der Waals surface area (Å²) in [5.41, 5.74) is 8.67. The van der Waals surface area contributed by atoms with Gasteiger partial charge in [-0.3, -0.25) is 0 Å². The third kappa shape index (κ3) is 2.58. The van der Waals surface area contributed by atoms with Gasteiger partial charge in [-0.05, 0) is 37.1 Å². The molecule has 1 aromatic rings. The molecule has 13 heavy (non-hydrogen) atoms. The first kappa shape index (κ1) is 10.3. The van der Waals surface area contributed by atoms with E-state index in [2.05, 4.69) is 6.58 Å². The van der Waals surface area contributed by atoms with Gasteiger partial charge < -0.3 is 5.73 Å². The van der Waals surface area contributed by atoms with Crippen LogP contribution in [-0.4, -0.2) is 6.54 Å². The SMILES string of the molecule is C=C(CCN)c1cc(C)ccc1Cl. The van der Waals surface area contributed by atoms with Crippen molar-refractivity contribution in [1.29, 1.82) is 0 Å². The van der Waals surface area contributed by atoms with Crippen molar-refractivity contribution in [3.63, 3.8) is 0 Å². The van der Waals surface area contributed by atoms with Gasteiger partial charge in [0.15, 0.2) is 0 Å². The molecule has 0 amide bonds. The van der Waals surface area contributed by atoms with Crippen LogP contribution in [0.5, 0.6) is 0 Å². The molecule has 0 unspecified atom stereocenters. The van der Waals surface area contributed by atoms with Crippen LogP contribution in [0.3, 0.4) is 0 Å². The first-order valence-electron chi connectivity index (χ1n) is 4.29. The van der Waals surface area contributed by atoms with Gasteiger partial charge in [0.25, 0.3) is 0 Å². The van der Waals surface area contributed by atoms with E-state index in [1.807, 2.05) is 25.1 Å². The molecule has 0 heterocycles. The third-order valence-corrected chi connectivity index (χ3v) is 2.28. The highest BCUT2D eigenvalue weighted by atomic mass is 35.5. The Morgan fingerprint density at radius 3 is 2.85 bits per heavy atom. The zero-order valence-electron chi connectivity index (χ0n) is 7.81. The lowest BCUT2D eigenvalue weighted by Crippen LogP contribution is -1.99. The van der Waals surface area contributed by atoms with Crippen molar-refractivity contribution < 1.29 is 0 Å². The van der Waals surface area contributed by atoms with Crippen molar-refractivity contribution in [2.24, 2.45) is 5.73 Å². The second kappa shape index (κ2) is 4.45. The Kier molecular flexibility index (Phi) is 3.52. The van der Waals surface area contributed by atoms with Crippen LogP contribution in [-0.2, 0) is 0 Å². The fourth-order valence-corrected chi connectivity index (χ4v) is 1.47. The van der Waals surface area contributed by atoms with Crippen LogP contribution in [0.4, 0.5) is 0 Å². The summed E-state index contributed by atoms with van der Waals surface area (Å²) in [7, 11) is 0. The second-order valence-electron chi connectivity index (χ2n) is 3.13. The monoisotopic (exact) mass is 195 g/mol. The third-order valence-electron chi connectivity index (χ3n) is 1.95. The van der Waals surface area contributed by atoms with Gasteiger partial charge >= 0.3 is 0 Å². The molecule has 0 aliphatic rings. The summed E-state index contributed by atoms with van der Waals surface area (Å²) in [6, 6.07) is 5.93. The standard InChI is InChI=1S/C11H14ClN/c1-8-3-4-11(12)10(7-8)9(2)5-6-13/h3-4,7H,2,5-6,13H2,1H3. The molecular weight excluding hydrogens is 182 g/mol. The van der Waals surface area contributed by atoms with E-state index < -0.39 is 0 Å². The van der Waals surface area contributed by atoms with Crippen LogP contribution >= 0.6 is 11.6 Å². The normalized spacial score (nSPS) is 10.1. The Labute approximate surface area is 84.2 Å². The minimum Gasteiger partial charge on any atom is -0.330 e. The van der Waals surface area contributed by atoms with Crippen LogP contribution < -0.4 is 5.73 Å². The number of benzene rings is 1. The van der Waals surface area contributed by atoms with Crippen molar-refractivity contribution in [3.05, 3.63) is 40.9 Å². The highest BCUT2D eigenvalue weighted by molar-refractivity contribution is 6.32. The van der Waals surface area contributed by atoms with Crippen molar-refractivity contribution >= 4 is 17.2 Å². The quantitative estimate of drug-likeness (QED) is 0.789. The average Bonchev–Trinajstić information content (AvgIpc) is 2.09. The summed E-state index contributed by atoms with van der Waals surface area (Å²) < 4.78 is 0. The van der Waals surface area contributed by atoms with Crippen molar-refractivity contribution in [1.82, 2.24) is 0 Å². The molecule has 0 aliphatic carbocycles. The minimum absolute atomic E-state index is 0.614. The maximum absolute atomic E-state index is 6.03. The number of rotatable bonds is 3. The topological polar surface area (TPSA) is 26.0 Å². The van der Waals surface area contributed by atoms with Crippen LogP contribution in [0.1, 0.15) is 17.5 Å². The molecular formula is C11H14ClN. The summed E-state index contributed by atoms with van der Waals surface area (Å²) in [6.45, 7) is 6.60. The van der Waals surface area contributed by atoms with Gasteiger partial charge in [-0.25, -0.2) is 0 Å². The Morgan fingerprint density at radius 2 is 2.23 bits per heavy atom. The molecule has 1 rings (SSSR count). The number of halogens is 1. The molecule has 0 spiro atoms. The van der Waals surface area contributed by atoms with Crippen molar-refractivity contribution in [2.75, 3.05) is 6.54 Å². The molecule has 0 saturated heterocycles. The van der Waals surface area contributed by atoms with Crippen LogP contribution in [0.2, 0.25) is 5.02 Å². The fraction of sp³-hybridized carbons (Fsp3) is 0.273. The minimum atomic E-state index is 0.614. The van der Waals surface area contributed by atoms with Crippen LogP contribution in [0, 0.1) is 6.92 Å². The van der Waals surface area contributed by atoms with Crippen LogP contribution in [0.25, 0.3) is 5.57 Å². The molecule has 2 N–H and O–H groups in total. The lowest BCUT2D eigenvalue weighted by molar-refractivity contribution is 1.02. The summed E-state index contributed by atoms with van der Waals surface area (Å²) in [5, 5.41) is 0.754. The maximum Gasteiger partial charge on any atom is 0.0481 e. The van der Waals surface area contributed by atoms with E-state index in [1.54, 1.807) is 0 Å². The van der Waals surface area contributed by atoms with E-state index in [1.165, 1.54) is 5.56 Å². The highest BCUT2D eigenvalue weighted by Gasteiger charge is 2.03. The van der Waals surface area contributed by atoms with Gasteiger partial charge in [-0.15, -0.1) is 0 Å². The summed E-state index contributed by atoms with van der Waals surface area (Å²) in [4.78, 5) is 0. The van der Waals surface area contributed by atoms with Gasteiger partial charge in [0.1, 0.15) is 0 Å². The predicted molar refractivity (Wildman–Crippen MR) is 58.9 cm³/mol. The molecule has 0 aliphatic heterocycles. The first-order chi connectivity index (χ1) is 6.15. The van der Waals surface area contributed by atoms with Crippen LogP contribution in [0.15, 0.2) is 24.8 Å². The molecule has 70 valence electrons. The predicted octanol–water partition coefficient (Wildman–Crippen LogP) is 3.01. The lowest BCUT2D eigenvalue weighted by atomic mass is 10.0. The molecule has 0 radical (unpaired) electrons. The largest absolute Gasteiger partial charge is 0.330 e. The Bertz CT molecular complexity index is 318. The molecule has 0 aromatic heterocycles. The van der Waals surface area contributed by atoms with Gasteiger partial charge in [0.05, 0.1) is 0 Å². The lowest BCUT2D eigenvalue weighted by Gasteiger charge is -2.07. The van der Waals surface area contributed by atoms with E-state index in [4.69, 9.17) is 17.3 Å². The number of nitrogens with two attached hydrogens (primary N) is 1. The Morgan fingerprint density at radius 1 is 1.54 bits per heavy atom. The van der Waals surface area contributed by atoms with Gasteiger partial charge in [0.2, 0.25) is 0 Å². The molecule has 0 saturated carbocycles. The molecule has 1 aromatic carbocycles. The van der Waals surface area contributed by atoms with Crippen molar-refractivity contribution in [2.45, 2.75) is 13.3 Å². The van der Waals surface area contributed by atoms with Crippen molar-refractivity contribution in [3.8, 4) is 0 Å². The fourth-order valence-electron chi connectivity index (χ4n) is 1.22. The zero-order chi connectivity index (χ0) is 9.84. The number of aryl methyl sites for hydroxylation is 1. The van der Waals surface area contributed by atoms with E-state index in [9.17, 15) is 0 Å². The summed E-state index contributed by atoms with van der Waals surface area (Å²) >= 11 is 6.03. The van der Waals surface area contributed by atoms with Gasteiger partial charge in [-0.2, -0.15) is 0 Å². The molecule has 1 nitrogen and oxygen atoms in total. The first-order valence-corrected chi connectivity index (χ1v) is 4.67. The highest BCUT2D eigenvalue weighted by Crippen LogP contribution is 2.25.